The van der Waals surface area contributed by atoms with Crippen LogP contribution >= 0.6 is 15.9 Å². The standard InChI is InChI=1S/C26H21BrN2O3/c1-26-22(15-7-3-2-4-8-15)19-14-32-21-12-11-16(27)13-18(21)23(19)29(26)24(30)17-9-5-6-10-20(17)28-25(26)31/h2-13,19,22-23H,14H2,1H3,(H,28,31)/t19?,22?,23?,26-/m1/s1. The second-order valence-electron chi connectivity index (χ2n) is 8.81. The maximum Gasteiger partial charge on any atom is 0.257 e. The Morgan fingerprint density at radius 3 is 2.59 bits per heavy atom. The summed E-state index contributed by atoms with van der Waals surface area (Å²) in [6.07, 6.45) is 0. The van der Waals surface area contributed by atoms with Gasteiger partial charge in [0.15, 0.2) is 0 Å². The highest BCUT2D eigenvalue weighted by atomic mass is 79.9. The molecule has 3 aliphatic rings. The molecule has 3 aromatic rings. The molecule has 3 aromatic carbocycles. The summed E-state index contributed by atoms with van der Waals surface area (Å²) >= 11 is 3.58. The van der Waals surface area contributed by atoms with E-state index < -0.39 is 5.54 Å². The molecule has 160 valence electrons. The van der Waals surface area contributed by atoms with Gasteiger partial charge in [-0.1, -0.05) is 58.4 Å². The summed E-state index contributed by atoms with van der Waals surface area (Å²) in [7, 11) is 0. The van der Waals surface area contributed by atoms with Gasteiger partial charge in [-0.3, -0.25) is 9.59 Å². The van der Waals surface area contributed by atoms with Gasteiger partial charge >= 0.3 is 0 Å². The Kier molecular flexibility index (Phi) is 4.24. The molecule has 6 rings (SSSR count). The van der Waals surface area contributed by atoms with Crippen LogP contribution in [-0.4, -0.2) is 28.9 Å². The second-order valence-corrected chi connectivity index (χ2v) is 9.73. The van der Waals surface area contributed by atoms with Gasteiger partial charge in [0, 0.05) is 21.9 Å². The summed E-state index contributed by atoms with van der Waals surface area (Å²) in [5.41, 5.74) is 1.95. The molecule has 0 spiro atoms. The highest BCUT2D eigenvalue weighted by Crippen LogP contribution is 2.60. The summed E-state index contributed by atoms with van der Waals surface area (Å²) in [6, 6.07) is 22.9. The Morgan fingerprint density at radius 2 is 1.78 bits per heavy atom. The van der Waals surface area contributed by atoms with Crippen molar-refractivity contribution in [3.8, 4) is 5.75 Å². The number of ether oxygens (including phenoxy) is 1. The maximum absolute atomic E-state index is 14.1. The summed E-state index contributed by atoms with van der Waals surface area (Å²) in [5.74, 6) is 0.165. The molecule has 5 nitrogen and oxygen atoms in total. The van der Waals surface area contributed by atoms with E-state index in [1.807, 2.05) is 72.5 Å². The number of hydrogen-bond donors (Lipinski definition) is 1. The normalized spacial score (nSPS) is 27.9. The Morgan fingerprint density at radius 1 is 1.03 bits per heavy atom. The van der Waals surface area contributed by atoms with E-state index in [-0.39, 0.29) is 29.7 Å². The number of carbonyl (C=O) groups is 2. The van der Waals surface area contributed by atoms with Gasteiger partial charge < -0.3 is 15.0 Å². The van der Waals surface area contributed by atoms with Gasteiger partial charge in [0.05, 0.1) is 23.9 Å². The number of nitrogens with one attached hydrogen (secondary N) is 1. The van der Waals surface area contributed by atoms with Crippen LogP contribution in [0.1, 0.15) is 40.4 Å². The van der Waals surface area contributed by atoms with E-state index in [1.54, 1.807) is 12.1 Å². The molecular weight excluding hydrogens is 468 g/mol. The summed E-state index contributed by atoms with van der Waals surface area (Å²) in [6.45, 7) is 2.34. The van der Waals surface area contributed by atoms with E-state index in [9.17, 15) is 9.59 Å². The van der Waals surface area contributed by atoms with Crippen LogP contribution in [0.2, 0.25) is 0 Å². The van der Waals surface area contributed by atoms with Crippen LogP contribution in [0.5, 0.6) is 5.75 Å². The molecule has 1 fully saturated rings. The van der Waals surface area contributed by atoms with Gasteiger partial charge in [0.25, 0.3) is 11.8 Å². The third-order valence-corrected chi connectivity index (χ3v) is 7.68. The predicted octanol–water partition coefficient (Wildman–Crippen LogP) is 5.15. The third-order valence-electron chi connectivity index (χ3n) is 7.18. The lowest BCUT2D eigenvalue weighted by Gasteiger charge is -2.38. The van der Waals surface area contributed by atoms with Crippen molar-refractivity contribution in [2.75, 3.05) is 11.9 Å². The van der Waals surface area contributed by atoms with Crippen LogP contribution in [-0.2, 0) is 4.79 Å². The molecule has 1 N–H and O–H groups in total. The number of anilines is 1. The van der Waals surface area contributed by atoms with E-state index in [4.69, 9.17) is 4.74 Å². The van der Waals surface area contributed by atoms with Crippen molar-refractivity contribution < 1.29 is 14.3 Å². The van der Waals surface area contributed by atoms with Crippen LogP contribution in [0, 0.1) is 5.92 Å². The van der Waals surface area contributed by atoms with Crippen molar-refractivity contribution in [2.45, 2.75) is 24.4 Å². The molecule has 32 heavy (non-hydrogen) atoms. The predicted molar refractivity (Wildman–Crippen MR) is 125 cm³/mol. The first kappa shape index (κ1) is 19.6. The van der Waals surface area contributed by atoms with Crippen molar-refractivity contribution in [1.29, 1.82) is 0 Å². The van der Waals surface area contributed by atoms with Crippen molar-refractivity contribution in [1.82, 2.24) is 4.90 Å². The van der Waals surface area contributed by atoms with Gasteiger partial charge in [-0.2, -0.15) is 0 Å². The molecule has 4 atom stereocenters. The van der Waals surface area contributed by atoms with Crippen molar-refractivity contribution in [3.05, 3.63) is 94.0 Å². The maximum atomic E-state index is 14.1. The highest BCUT2D eigenvalue weighted by Gasteiger charge is 2.65. The first-order valence-electron chi connectivity index (χ1n) is 10.7. The average Bonchev–Trinajstić information content (AvgIpc) is 3.05. The molecule has 3 aliphatic heterocycles. The van der Waals surface area contributed by atoms with Gasteiger partial charge in [-0.25, -0.2) is 0 Å². The molecule has 0 radical (unpaired) electrons. The quantitative estimate of drug-likeness (QED) is 0.515. The molecule has 3 heterocycles. The molecule has 2 amide bonds. The van der Waals surface area contributed by atoms with Crippen LogP contribution in [0.25, 0.3) is 0 Å². The molecular formula is C26H21BrN2O3. The van der Waals surface area contributed by atoms with Crippen LogP contribution in [0.15, 0.2) is 77.3 Å². The van der Waals surface area contributed by atoms with Gasteiger partial charge in [-0.05, 0) is 42.8 Å². The molecule has 1 saturated heterocycles. The fraction of sp³-hybridized carbons (Fsp3) is 0.231. The number of amides is 2. The monoisotopic (exact) mass is 488 g/mol. The number of carbonyl (C=O) groups excluding carboxylic acids is 2. The van der Waals surface area contributed by atoms with Crippen LogP contribution in [0.4, 0.5) is 5.69 Å². The summed E-state index contributed by atoms with van der Waals surface area (Å²) in [4.78, 5) is 29.8. The largest absolute Gasteiger partial charge is 0.493 e. The number of fused-ring (bicyclic) bond motifs is 6. The third kappa shape index (κ3) is 2.56. The van der Waals surface area contributed by atoms with Crippen molar-refractivity contribution in [3.63, 3.8) is 0 Å². The zero-order valence-electron chi connectivity index (χ0n) is 17.4. The molecule has 6 heteroatoms. The fourth-order valence-corrected chi connectivity index (χ4v) is 6.21. The lowest BCUT2D eigenvalue weighted by atomic mass is 9.73. The zero-order chi connectivity index (χ0) is 22.0. The smallest absolute Gasteiger partial charge is 0.257 e. The van der Waals surface area contributed by atoms with E-state index in [2.05, 4.69) is 21.2 Å². The minimum atomic E-state index is -1.08. The SMILES string of the molecule is C[C@@]12C(=O)Nc3ccccc3C(=O)N1C1c3cc(Br)ccc3OCC1C2c1ccccc1. The molecule has 0 aliphatic carbocycles. The van der Waals surface area contributed by atoms with E-state index in [1.165, 1.54) is 0 Å². The minimum absolute atomic E-state index is 0.0656. The Labute approximate surface area is 194 Å². The number of hydrogen-bond acceptors (Lipinski definition) is 3. The second kappa shape index (κ2) is 6.94. The number of rotatable bonds is 1. The Balaban J connectivity index is 1.64. The van der Waals surface area contributed by atoms with E-state index in [0.29, 0.717) is 17.9 Å². The van der Waals surface area contributed by atoms with Crippen LogP contribution < -0.4 is 10.1 Å². The lowest BCUT2D eigenvalue weighted by molar-refractivity contribution is -0.125. The first-order chi connectivity index (χ1) is 15.5. The Hall–Kier alpha value is -3.12. The minimum Gasteiger partial charge on any atom is -0.493 e. The molecule has 3 unspecified atom stereocenters. The fourth-order valence-electron chi connectivity index (χ4n) is 5.83. The van der Waals surface area contributed by atoms with Crippen molar-refractivity contribution >= 4 is 33.4 Å². The van der Waals surface area contributed by atoms with Crippen LogP contribution in [0.3, 0.4) is 0 Å². The highest BCUT2D eigenvalue weighted by molar-refractivity contribution is 9.10. The van der Waals surface area contributed by atoms with E-state index in [0.717, 1.165) is 21.3 Å². The van der Waals surface area contributed by atoms with Crippen molar-refractivity contribution in [2.24, 2.45) is 5.92 Å². The number of para-hydroxylation sites is 1. The average molecular weight is 489 g/mol. The van der Waals surface area contributed by atoms with Gasteiger partial charge in [-0.15, -0.1) is 0 Å². The summed E-state index contributed by atoms with van der Waals surface area (Å²) in [5, 5.41) is 3.06. The summed E-state index contributed by atoms with van der Waals surface area (Å²) < 4.78 is 7.09. The Bertz CT molecular complexity index is 1260. The number of nitrogens with zero attached hydrogens (tertiary/aromatic N) is 1. The zero-order valence-corrected chi connectivity index (χ0v) is 19.0. The topological polar surface area (TPSA) is 58.6 Å². The van der Waals surface area contributed by atoms with E-state index >= 15 is 0 Å². The first-order valence-corrected chi connectivity index (χ1v) is 11.5. The molecule has 0 bridgehead atoms. The van der Waals surface area contributed by atoms with Gasteiger partial charge in [0.2, 0.25) is 0 Å². The lowest BCUT2D eigenvalue weighted by Crippen LogP contribution is -2.54. The molecule has 0 aromatic heterocycles. The van der Waals surface area contributed by atoms with Gasteiger partial charge in [0.1, 0.15) is 11.3 Å². The number of halogens is 1. The number of benzene rings is 3. The molecule has 0 saturated carbocycles.